The molecule has 4 rings (SSSR count). The summed E-state index contributed by atoms with van der Waals surface area (Å²) in [6.07, 6.45) is 5.11. The lowest BCUT2D eigenvalue weighted by atomic mass is 9.93. The van der Waals surface area contributed by atoms with Gasteiger partial charge < -0.3 is 14.1 Å². The summed E-state index contributed by atoms with van der Waals surface area (Å²) in [5, 5.41) is 1.25. The number of rotatable bonds is 7. The van der Waals surface area contributed by atoms with Crippen LogP contribution in [0, 0.1) is 0 Å². The van der Waals surface area contributed by atoms with Crippen molar-refractivity contribution < 1.29 is 9.15 Å². The maximum Gasteiger partial charge on any atom is 0.134 e. The summed E-state index contributed by atoms with van der Waals surface area (Å²) < 4.78 is 12.8. The molecule has 0 bridgehead atoms. The van der Waals surface area contributed by atoms with Crippen LogP contribution in [0.3, 0.4) is 0 Å². The van der Waals surface area contributed by atoms with Crippen molar-refractivity contribution in [2.45, 2.75) is 29.8 Å². The fourth-order valence-electron chi connectivity index (χ4n) is 3.87. The first-order valence-corrected chi connectivity index (χ1v) is 11.6. The summed E-state index contributed by atoms with van der Waals surface area (Å²) in [7, 11) is 1.87. The average molecular weight is 460 g/mol. The number of methoxy groups -OCH3 is 1. The van der Waals surface area contributed by atoms with Gasteiger partial charge in [0, 0.05) is 47.3 Å². The number of thioether (sulfide) groups is 1. The standard InChI is InChI=1S/C23H26BrNO2S/c1-26-23(17-28-20-6-4-5-19(24)15-20)10-13-25(14-11-23)12-9-18-16-27-22-8-3-2-7-21(18)22/h2-8,15-16H,9-14,17H2,1H3. The highest BCUT2D eigenvalue weighted by Gasteiger charge is 2.34. The number of para-hydroxylation sites is 1. The monoisotopic (exact) mass is 459 g/mol. The Hall–Kier alpha value is -1.27. The van der Waals surface area contributed by atoms with Gasteiger partial charge in [-0.05, 0) is 49.1 Å². The van der Waals surface area contributed by atoms with Crippen LogP contribution >= 0.6 is 27.7 Å². The van der Waals surface area contributed by atoms with E-state index in [-0.39, 0.29) is 5.60 Å². The van der Waals surface area contributed by atoms with Gasteiger partial charge in [-0.3, -0.25) is 0 Å². The van der Waals surface area contributed by atoms with Crippen molar-refractivity contribution in [2.75, 3.05) is 32.5 Å². The van der Waals surface area contributed by atoms with Crippen LogP contribution in [0.2, 0.25) is 0 Å². The van der Waals surface area contributed by atoms with E-state index in [0.29, 0.717) is 0 Å². The van der Waals surface area contributed by atoms with Crippen molar-refractivity contribution in [3.8, 4) is 0 Å². The molecule has 1 aliphatic heterocycles. The van der Waals surface area contributed by atoms with E-state index < -0.39 is 0 Å². The molecule has 3 aromatic rings. The fraction of sp³-hybridized carbons (Fsp3) is 0.391. The fourth-order valence-corrected chi connectivity index (χ4v) is 5.64. The van der Waals surface area contributed by atoms with Crippen LogP contribution in [0.15, 0.2) is 68.6 Å². The minimum atomic E-state index is -0.0220. The zero-order valence-electron chi connectivity index (χ0n) is 16.2. The van der Waals surface area contributed by atoms with Gasteiger partial charge in [0.25, 0.3) is 0 Å². The number of likely N-dealkylation sites (tertiary alicyclic amines) is 1. The van der Waals surface area contributed by atoms with Gasteiger partial charge in [0.15, 0.2) is 0 Å². The van der Waals surface area contributed by atoms with E-state index >= 15 is 0 Å². The van der Waals surface area contributed by atoms with E-state index in [0.717, 1.165) is 54.7 Å². The highest BCUT2D eigenvalue weighted by Crippen LogP contribution is 2.33. The summed E-state index contributed by atoms with van der Waals surface area (Å²) in [6, 6.07) is 16.8. The third kappa shape index (κ3) is 4.65. The number of piperidine rings is 1. The molecule has 1 aliphatic rings. The quantitative estimate of drug-likeness (QED) is 0.403. The number of halogens is 1. The van der Waals surface area contributed by atoms with Crippen molar-refractivity contribution in [1.29, 1.82) is 0 Å². The van der Waals surface area contributed by atoms with Crippen LogP contribution in [-0.4, -0.2) is 43.0 Å². The maximum absolute atomic E-state index is 6.01. The summed E-state index contributed by atoms with van der Waals surface area (Å²) in [5.74, 6) is 1.00. The second kappa shape index (κ2) is 9.04. The Bertz CT molecular complexity index is 918. The number of furan rings is 1. The molecule has 0 amide bonds. The van der Waals surface area contributed by atoms with Crippen LogP contribution in [0.5, 0.6) is 0 Å². The number of ether oxygens (including phenoxy) is 1. The Balaban J connectivity index is 1.30. The molecule has 5 heteroatoms. The van der Waals surface area contributed by atoms with E-state index in [2.05, 4.69) is 57.2 Å². The number of nitrogens with zero attached hydrogens (tertiary/aromatic N) is 1. The molecule has 1 aromatic heterocycles. The van der Waals surface area contributed by atoms with Gasteiger partial charge in [0.05, 0.1) is 11.9 Å². The minimum absolute atomic E-state index is 0.0220. The first-order chi connectivity index (χ1) is 13.7. The van der Waals surface area contributed by atoms with Crippen molar-refractivity contribution in [3.05, 3.63) is 64.8 Å². The Morgan fingerprint density at radius 2 is 1.96 bits per heavy atom. The second-order valence-corrected chi connectivity index (χ2v) is 9.45. The molecule has 0 aliphatic carbocycles. The first kappa shape index (κ1) is 20.0. The van der Waals surface area contributed by atoms with Crippen LogP contribution in [-0.2, 0) is 11.2 Å². The SMILES string of the molecule is COC1(CSc2cccc(Br)c2)CCN(CCc2coc3ccccc23)CC1. The Morgan fingerprint density at radius 3 is 2.75 bits per heavy atom. The predicted molar refractivity (Wildman–Crippen MR) is 120 cm³/mol. The molecule has 3 nitrogen and oxygen atoms in total. The molecule has 148 valence electrons. The van der Waals surface area contributed by atoms with E-state index in [9.17, 15) is 0 Å². The van der Waals surface area contributed by atoms with E-state index in [4.69, 9.17) is 9.15 Å². The van der Waals surface area contributed by atoms with E-state index in [1.54, 1.807) is 0 Å². The third-order valence-electron chi connectivity index (χ3n) is 5.76. The molecule has 0 unspecified atom stereocenters. The first-order valence-electron chi connectivity index (χ1n) is 9.78. The summed E-state index contributed by atoms with van der Waals surface area (Å²) in [4.78, 5) is 3.85. The minimum Gasteiger partial charge on any atom is -0.464 e. The largest absolute Gasteiger partial charge is 0.464 e. The van der Waals surface area contributed by atoms with Crippen LogP contribution in [0.1, 0.15) is 18.4 Å². The van der Waals surface area contributed by atoms with E-state index in [1.165, 1.54) is 15.8 Å². The van der Waals surface area contributed by atoms with Gasteiger partial charge in [0.2, 0.25) is 0 Å². The lowest BCUT2D eigenvalue weighted by Gasteiger charge is -2.40. The number of hydrogen-bond donors (Lipinski definition) is 0. The Labute approximate surface area is 179 Å². The molecule has 2 heterocycles. The van der Waals surface area contributed by atoms with Crippen molar-refractivity contribution in [1.82, 2.24) is 4.90 Å². The Kier molecular flexibility index (Phi) is 6.46. The van der Waals surface area contributed by atoms with E-state index in [1.807, 2.05) is 37.3 Å². The van der Waals surface area contributed by atoms with Crippen LogP contribution in [0.4, 0.5) is 0 Å². The zero-order valence-corrected chi connectivity index (χ0v) is 18.6. The average Bonchev–Trinajstić information content (AvgIpc) is 3.15. The van der Waals surface area contributed by atoms with Gasteiger partial charge in [-0.2, -0.15) is 0 Å². The molecular formula is C23H26BrNO2S. The molecule has 28 heavy (non-hydrogen) atoms. The number of benzene rings is 2. The topological polar surface area (TPSA) is 25.6 Å². The van der Waals surface area contributed by atoms with Gasteiger partial charge in [-0.1, -0.05) is 40.2 Å². The maximum atomic E-state index is 6.01. The highest BCUT2D eigenvalue weighted by atomic mass is 79.9. The third-order valence-corrected chi connectivity index (χ3v) is 7.51. The van der Waals surface area contributed by atoms with Gasteiger partial charge in [0.1, 0.15) is 5.58 Å². The molecule has 0 radical (unpaired) electrons. The van der Waals surface area contributed by atoms with Gasteiger partial charge >= 0.3 is 0 Å². The zero-order chi connectivity index (χ0) is 19.4. The summed E-state index contributed by atoms with van der Waals surface area (Å²) in [6.45, 7) is 3.24. The normalized spacial score (nSPS) is 17.2. The molecular weight excluding hydrogens is 434 g/mol. The van der Waals surface area contributed by atoms with Crippen LogP contribution in [0.25, 0.3) is 11.0 Å². The smallest absolute Gasteiger partial charge is 0.134 e. The molecule has 2 aromatic carbocycles. The van der Waals surface area contributed by atoms with Gasteiger partial charge in [-0.25, -0.2) is 0 Å². The summed E-state index contributed by atoms with van der Waals surface area (Å²) >= 11 is 5.45. The molecule has 0 atom stereocenters. The lowest BCUT2D eigenvalue weighted by Crippen LogP contribution is -2.47. The lowest BCUT2D eigenvalue weighted by molar-refractivity contribution is -0.0385. The van der Waals surface area contributed by atoms with Crippen molar-refractivity contribution in [3.63, 3.8) is 0 Å². The molecule has 0 spiro atoms. The number of hydrogen-bond acceptors (Lipinski definition) is 4. The Morgan fingerprint density at radius 1 is 1.14 bits per heavy atom. The number of fused-ring (bicyclic) bond motifs is 1. The molecule has 0 saturated carbocycles. The van der Waals surface area contributed by atoms with Crippen molar-refractivity contribution >= 4 is 38.7 Å². The predicted octanol–water partition coefficient (Wildman–Crippen LogP) is 6.01. The highest BCUT2D eigenvalue weighted by molar-refractivity contribution is 9.10. The summed E-state index contributed by atoms with van der Waals surface area (Å²) in [5.41, 5.74) is 2.27. The van der Waals surface area contributed by atoms with Crippen molar-refractivity contribution in [2.24, 2.45) is 0 Å². The second-order valence-electron chi connectivity index (χ2n) is 7.48. The van der Waals surface area contributed by atoms with Crippen LogP contribution < -0.4 is 0 Å². The molecule has 1 fully saturated rings. The molecule has 0 N–H and O–H groups in total. The van der Waals surface area contributed by atoms with Gasteiger partial charge in [-0.15, -0.1) is 11.8 Å². The molecule has 1 saturated heterocycles.